The Bertz CT molecular complexity index is 428. The molecule has 100 valence electrons. The summed E-state index contributed by atoms with van der Waals surface area (Å²) in [5.41, 5.74) is 1.84. The van der Waals surface area contributed by atoms with Gasteiger partial charge in [0.2, 0.25) is 0 Å². The molecule has 1 N–H and O–H groups in total. The van der Waals surface area contributed by atoms with Crippen LogP contribution < -0.4 is 9.47 Å². The molecule has 0 aromatic heterocycles. The van der Waals surface area contributed by atoms with Crippen molar-refractivity contribution in [3.05, 3.63) is 23.3 Å². The van der Waals surface area contributed by atoms with Gasteiger partial charge in [0.1, 0.15) is 0 Å². The van der Waals surface area contributed by atoms with E-state index < -0.39 is 12.1 Å². The molecule has 0 saturated heterocycles. The van der Waals surface area contributed by atoms with Crippen molar-refractivity contribution in [3.63, 3.8) is 0 Å². The van der Waals surface area contributed by atoms with Crippen molar-refractivity contribution in [2.24, 2.45) is 0 Å². The van der Waals surface area contributed by atoms with E-state index in [-0.39, 0.29) is 6.61 Å². The van der Waals surface area contributed by atoms with Crippen molar-refractivity contribution < 1.29 is 24.1 Å². The molecule has 0 bridgehead atoms. The number of aliphatic carboxylic acids is 1. The Balaban J connectivity index is 2.86. The molecule has 0 amide bonds. The van der Waals surface area contributed by atoms with Gasteiger partial charge in [0.25, 0.3) is 0 Å². The molecule has 0 aliphatic heterocycles. The third-order valence-corrected chi connectivity index (χ3v) is 2.68. The van der Waals surface area contributed by atoms with Crippen molar-refractivity contribution in [1.29, 1.82) is 0 Å². The Morgan fingerprint density at radius 2 is 1.83 bits per heavy atom. The molecule has 0 aliphatic rings. The number of methoxy groups -OCH3 is 2. The zero-order valence-electron chi connectivity index (χ0n) is 11.0. The molecule has 0 saturated carbocycles. The van der Waals surface area contributed by atoms with Crippen molar-refractivity contribution >= 4 is 5.97 Å². The number of aryl methyl sites for hydroxylation is 1. The van der Waals surface area contributed by atoms with Gasteiger partial charge in [0.05, 0.1) is 20.8 Å². The number of ether oxygens (including phenoxy) is 3. The molecule has 5 nitrogen and oxygen atoms in total. The summed E-state index contributed by atoms with van der Waals surface area (Å²) in [5.74, 6) is 0.267. The van der Waals surface area contributed by atoms with E-state index in [0.717, 1.165) is 11.1 Å². The van der Waals surface area contributed by atoms with E-state index in [1.807, 2.05) is 13.0 Å². The monoisotopic (exact) mass is 254 g/mol. The average molecular weight is 254 g/mol. The minimum absolute atomic E-state index is 0.222. The van der Waals surface area contributed by atoms with Crippen molar-refractivity contribution in [3.8, 4) is 11.5 Å². The first-order chi connectivity index (χ1) is 8.49. The Hall–Kier alpha value is -1.75. The molecule has 0 heterocycles. The summed E-state index contributed by atoms with van der Waals surface area (Å²) in [5, 5.41) is 8.74. The van der Waals surface area contributed by atoms with Crippen LogP contribution in [-0.4, -0.2) is 31.4 Å². The zero-order chi connectivity index (χ0) is 13.7. The predicted octanol–water partition coefficient (Wildman–Crippen LogP) is 2.00. The zero-order valence-corrected chi connectivity index (χ0v) is 11.0. The lowest BCUT2D eigenvalue weighted by Gasteiger charge is -2.14. The van der Waals surface area contributed by atoms with Crippen LogP contribution in [0.3, 0.4) is 0 Å². The molecular weight excluding hydrogens is 236 g/mol. The van der Waals surface area contributed by atoms with E-state index >= 15 is 0 Å². The number of carboxylic acids is 1. The standard InChI is InChI=1S/C13H18O5/c1-8-5-11(16-3)12(17-4)6-10(8)7-18-9(2)13(14)15/h5-6,9H,7H2,1-4H3,(H,14,15)/t9-/m1/s1. The van der Waals surface area contributed by atoms with Crippen molar-refractivity contribution in [1.82, 2.24) is 0 Å². The van der Waals surface area contributed by atoms with Gasteiger partial charge in [-0.3, -0.25) is 0 Å². The van der Waals surface area contributed by atoms with Crippen LogP contribution in [0.4, 0.5) is 0 Å². The van der Waals surface area contributed by atoms with Gasteiger partial charge in [-0.05, 0) is 37.1 Å². The van der Waals surface area contributed by atoms with E-state index in [4.69, 9.17) is 19.3 Å². The van der Waals surface area contributed by atoms with E-state index in [1.54, 1.807) is 20.3 Å². The third-order valence-electron chi connectivity index (χ3n) is 2.68. The highest BCUT2D eigenvalue weighted by molar-refractivity contribution is 5.71. The minimum atomic E-state index is -0.979. The van der Waals surface area contributed by atoms with Gasteiger partial charge in [0.15, 0.2) is 17.6 Å². The second kappa shape index (κ2) is 6.26. The SMILES string of the molecule is COc1cc(C)c(CO[C@H](C)C(=O)O)cc1OC. The van der Waals surface area contributed by atoms with Crippen LogP contribution in [0.5, 0.6) is 11.5 Å². The van der Waals surface area contributed by atoms with E-state index in [9.17, 15) is 4.79 Å². The van der Waals surface area contributed by atoms with Crippen LogP contribution in [0.2, 0.25) is 0 Å². The Kier molecular flexibility index (Phi) is 4.97. The number of carbonyl (C=O) groups is 1. The third kappa shape index (κ3) is 3.37. The van der Waals surface area contributed by atoms with Crippen LogP contribution in [0.25, 0.3) is 0 Å². The fourth-order valence-electron chi connectivity index (χ4n) is 1.46. The fourth-order valence-corrected chi connectivity index (χ4v) is 1.46. The summed E-state index contributed by atoms with van der Waals surface area (Å²) in [6, 6.07) is 3.63. The molecule has 18 heavy (non-hydrogen) atoms. The molecule has 0 unspecified atom stereocenters. The highest BCUT2D eigenvalue weighted by Gasteiger charge is 2.13. The van der Waals surface area contributed by atoms with E-state index in [1.165, 1.54) is 6.92 Å². The minimum Gasteiger partial charge on any atom is -0.493 e. The Morgan fingerprint density at radius 3 is 2.33 bits per heavy atom. The molecule has 0 radical (unpaired) electrons. The lowest BCUT2D eigenvalue weighted by Crippen LogP contribution is -2.19. The molecule has 0 spiro atoms. The summed E-state index contributed by atoms with van der Waals surface area (Å²) in [6.07, 6.45) is -0.836. The normalized spacial score (nSPS) is 12.0. The van der Waals surface area contributed by atoms with Gasteiger partial charge >= 0.3 is 5.97 Å². The maximum Gasteiger partial charge on any atom is 0.332 e. The van der Waals surface area contributed by atoms with Gasteiger partial charge < -0.3 is 19.3 Å². The van der Waals surface area contributed by atoms with Crippen molar-refractivity contribution in [2.75, 3.05) is 14.2 Å². The first kappa shape index (κ1) is 14.3. The van der Waals surface area contributed by atoms with Crippen LogP contribution in [0.15, 0.2) is 12.1 Å². The summed E-state index contributed by atoms with van der Waals surface area (Å²) in [4.78, 5) is 10.7. The highest BCUT2D eigenvalue weighted by Crippen LogP contribution is 2.30. The quantitative estimate of drug-likeness (QED) is 0.841. The molecule has 0 aliphatic carbocycles. The van der Waals surface area contributed by atoms with E-state index in [0.29, 0.717) is 11.5 Å². The van der Waals surface area contributed by atoms with Gasteiger partial charge in [-0.1, -0.05) is 0 Å². The molecule has 1 atom stereocenters. The predicted molar refractivity (Wildman–Crippen MR) is 66.2 cm³/mol. The first-order valence-electron chi connectivity index (χ1n) is 5.55. The van der Waals surface area contributed by atoms with Gasteiger partial charge in [-0.15, -0.1) is 0 Å². The number of benzene rings is 1. The summed E-state index contributed by atoms with van der Waals surface area (Å²) in [7, 11) is 3.12. The highest BCUT2D eigenvalue weighted by atomic mass is 16.5. The fraction of sp³-hybridized carbons (Fsp3) is 0.462. The molecule has 1 aromatic rings. The van der Waals surface area contributed by atoms with Crippen LogP contribution in [-0.2, 0) is 16.1 Å². The largest absolute Gasteiger partial charge is 0.493 e. The molecule has 1 aromatic carbocycles. The molecule has 1 rings (SSSR count). The second-order valence-electron chi connectivity index (χ2n) is 3.93. The van der Waals surface area contributed by atoms with Crippen LogP contribution >= 0.6 is 0 Å². The number of hydrogen-bond acceptors (Lipinski definition) is 4. The smallest absolute Gasteiger partial charge is 0.332 e. The van der Waals surface area contributed by atoms with Crippen molar-refractivity contribution in [2.45, 2.75) is 26.6 Å². The molecular formula is C13H18O5. The number of hydrogen-bond donors (Lipinski definition) is 1. The topological polar surface area (TPSA) is 65.0 Å². The maximum atomic E-state index is 10.7. The summed E-state index contributed by atoms with van der Waals surface area (Å²) in [6.45, 7) is 3.63. The number of rotatable bonds is 6. The van der Waals surface area contributed by atoms with Gasteiger partial charge in [-0.25, -0.2) is 4.79 Å². The van der Waals surface area contributed by atoms with Crippen LogP contribution in [0, 0.1) is 6.92 Å². The van der Waals surface area contributed by atoms with E-state index in [2.05, 4.69) is 0 Å². The van der Waals surface area contributed by atoms with Crippen LogP contribution in [0.1, 0.15) is 18.1 Å². The lowest BCUT2D eigenvalue weighted by atomic mass is 10.1. The lowest BCUT2D eigenvalue weighted by molar-refractivity contribution is -0.149. The average Bonchev–Trinajstić information content (AvgIpc) is 2.36. The maximum absolute atomic E-state index is 10.7. The summed E-state index contributed by atoms with van der Waals surface area (Å²) < 4.78 is 15.6. The molecule has 0 fully saturated rings. The number of carboxylic acid groups (broad SMARTS) is 1. The Labute approximate surface area is 106 Å². The summed E-state index contributed by atoms with van der Waals surface area (Å²) >= 11 is 0. The van der Waals surface area contributed by atoms with Gasteiger partial charge in [0, 0.05) is 0 Å². The Morgan fingerprint density at radius 1 is 1.28 bits per heavy atom. The second-order valence-corrected chi connectivity index (χ2v) is 3.93. The van der Waals surface area contributed by atoms with Gasteiger partial charge in [-0.2, -0.15) is 0 Å². The first-order valence-corrected chi connectivity index (χ1v) is 5.55. The molecule has 5 heteroatoms.